The summed E-state index contributed by atoms with van der Waals surface area (Å²) in [4.78, 5) is 38.9. The van der Waals surface area contributed by atoms with Crippen LogP contribution in [0.5, 0.6) is 5.75 Å². The van der Waals surface area contributed by atoms with Crippen molar-refractivity contribution >= 4 is 17.8 Å². The Bertz CT molecular complexity index is 1360. The van der Waals surface area contributed by atoms with E-state index in [-0.39, 0.29) is 37.4 Å². The molecule has 0 spiro atoms. The highest BCUT2D eigenvalue weighted by Crippen LogP contribution is 2.17. The van der Waals surface area contributed by atoms with Crippen LogP contribution in [0.25, 0.3) is 0 Å². The molecule has 3 atom stereocenters. The summed E-state index contributed by atoms with van der Waals surface area (Å²) < 4.78 is 11.4. The minimum absolute atomic E-state index is 0.0310. The minimum Gasteiger partial charge on any atom is -0.489 e. The van der Waals surface area contributed by atoms with Gasteiger partial charge in [-0.1, -0.05) is 84.9 Å². The number of carbonyl (C=O) groups excluding carboxylic acids is 3. The fourth-order valence-electron chi connectivity index (χ4n) is 5.25. The zero-order valence-electron chi connectivity index (χ0n) is 25.7. The van der Waals surface area contributed by atoms with E-state index in [0.29, 0.717) is 32.3 Å². The van der Waals surface area contributed by atoms with Gasteiger partial charge in [0.15, 0.2) is 0 Å². The van der Waals surface area contributed by atoms with E-state index in [1.807, 2.05) is 97.1 Å². The first-order chi connectivity index (χ1) is 22.0. The number of aliphatic hydroxyl groups is 1. The van der Waals surface area contributed by atoms with Crippen LogP contribution >= 0.6 is 0 Å². The third-order valence-corrected chi connectivity index (χ3v) is 7.75. The van der Waals surface area contributed by atoms with Crippen LogP contribution in [0, 0.1) is 5.92 Å². The first kappa shape index (κ1) is 33.5. The summed E-state index contributed by atoms with van der Waals surface area (Å²) in [5.74, 6) is -0.726. The van der Waals surface area contributed by atoms with E-state index in [1.54, 1.807) is 0 Å². The molecule has 3 N–H and O–H groups in total. The molecule has 1 aliphatic heterocycles. The highest BCUT2D eigenvalue weighted by Gasteiger charge is 2.25. The van der Waals surface area contributed by atoms with Gasteiger partial charge in [-0.25, -0.2) is 0 Å². The molecule has 3 aromatic carbocycles. The van der Waals surface area contributed by atoms with E-state index in [9.17, 15) is 19.5 Å². The van der Waals surface area contributed by atoms with Gasteiger partial charge in [-0.05, 0) is 67.3 Å². The molecule has 0 aromatic heterocycles. The largest absolute Gasteiger partial charge is 0.489 e. The van der Waals surface area contributed by atoms with Crippen LogP contribution in [0.1, 0.15) is 55.2 Å². The molecule has 4 rings (SSSR count). The predicted molar refractivity (Wildman–Crippen MR) is 173 cm³/mol. The lowest BCUT2D eigenvalue weighted by molar-refractivity contribution is -0.145. The molecule has 8 heteroatoms. The molecule has 3 unspecified atom stereocenters. The highest BCUT2D eigenvalue weighted by atomic mass is 16.5. The van der Waals surface area contributed by atoms with Gasteiger partial charge in [0.1, 0.15) is 19.0 Å². The van der Waals surface area contributed by atoms with Crippen molar-refractivity contribution in [1.82, 2.24) is 10.6 Å². The number of carbonyl (C=O) groups is 3. The Morgan fingerprint density at radius 3 is 2.33 bits per heavy atom. The molecule has 8 nitrogen and oxygen atoms in total. The second kappa shape index (κ2) is 18.4. The molecule has 0 radical (unpaired) electrons. The summed E-state index contributed by atoms with van der Waals surface area (Å²) in [6.07, 6.45) is 7.96. The lowest BCUT2D eigenvalue weighted by Crippen LogP contribution is -2.45. The van der Waals surface area contributed by atoms with Crippen LogP contribution in [-0.2, 0) is 38.6 Å². The van der Waals surface area contributed by atoms with E-state index < -0.39 is 18.0 Å². The molecule has 0 saturated heterocycles. The van der Waals surface area contributed by atoms with Gasteiger partial charge >= 0.3 is 5.97 Å². The van der Waals surface area contributed by atoms with Crippen molar-refractivity contribution in [3.8, 4) is 5.75 Å². The summed E-state index contributed by atoms with van der Waals surface area (Å²) in [7, 11) is 0. The Balaban J connectivity index is 1.35. The Morgan fingerprint density at radius 2 is 1.62 bits per heavy atom. The number of nitrogens with one attached hydrogen (secondary N) is 2. The number of aliphatic hydroxyl groups excluding tert-OH is 1. The molecular formula is C37H44N2O6. The summed E-state index contributed by atoms with van der Waals surface area (Å²) >= 11 is 0. The number of allylic oxidation sites excluding steroid dienone is 2. The Kier molecular flexibility index (Phi) is 13.7. The van der Waals surface area contributed by atoms with Crippen LogP contribution < -0.4 is 15.4 Å². The fraction of sp³-hybridized carbons (Fsp3) is 0.378. The van der Waals surface area contributed by atoms with Crippen molar-refractivity contribution in [3.63, 3.8) is 0 Å². The molecule has 238 valence electrons. The van der Waals surface area contributed by atoms with Crippen molar-refractivity contribution in [2.45, 2.75) is 70.1 Å². The number of esters is 1. The van der Waals surface area contributed by atoms with Crippen LogP contribution in [0.3, 0.4) is 0 Å². The lowest BCUT2D eigenvalue weighted by atomic mass is 9.97. The van der Waals surface area contributed by atoms with Crippen molar-refractivity contribution in [2.24, 2.45) is 5.92 Å². The average Bonchev–Trinajstić information content (AvgIpc) is 3.06. The summed E-state index contributed by atoms with van der Waals surface area (Å²) in [6, 6.07) is 26.3. The second-order valence-electron chi connectivity index (χ2n) is 11.5. The number of cyclic esters (lactones) is 1. The topological polar surface area (TPSA) is 114 Å². The zero-order chi connectivity index (χ0) is 31.7. The van der Waals surface area contributed by atoms with Gasteiger partial charge in [0.25, 0.3) is 0 Å². The van der Waals surface area contributed by atoms with Gasteiger partial charge in [0, 0.05) is 12.8 Å². The van der Waals surface area contributed by atoms with Gasteiger partial charge in [0.05, 0.1) is 24.6 Å². The SMILES string of the molecule is O=C(CC1CC=CCCCCC(=O)OCC(Cc2ccccc2)NC1=O)NC(CO)Cc1ccc(OCc2ccccc2)cc1. The molecule has 1 heterocycles. The van der Waals surface area contributed by atoms with Crippen LogP contribution in [0.4, 0.5) is 0 Å². The molecule has 0 bridgehead atoms. The molecule has 3 aromatic rings. The Morgan fingerprint density at radius 1 is 0.911 bits per heavy atom. The maximum Gasteiger partial charge on any atom is 0.305 e. The number of rotatable bonds is 11. The number of ether oxygens (including phenoxy) is 2. The Hall–Kier alpha value is -4.43. The van der Waals surface area contributed by atoms with E-state index in [1.165, 1.54) is 0 Å². The molecule has 1 aliphatic rings. The van der Waals surface area contributed by atoms with E-state index >= 15 is 0 Å². The number of hydrogen-bond donors (Lipinski definition) is 3. The van der Waals surface area contributed by atoms with Crippen molar-refractivity contribution < 1.29 is 29.0 Å². The van der Waals surface area contributed by atoms with E-state index in [0.717, 1.165) is 41.7 Å². The summed E-state index contributed by atoms with van der Waals surface area (Å²) in [5, 5.41) is 16.0. The minimum atomic E-state index is -0.612. The van der Waals surface area contributed by atoms with Gasteiger partial charge in [-0.2, -0.15) is 0 Å². The molecule has 2 amide bonds. The summed E-state index contributed by atoms with van der Waals surface area (Å²) in [6.45, 7) is 0.299. The third kappa shape index (κ3) is 12.2. The van der Waals surface area contributed by atoms with Gasteiger partial charge in [-0.3, -0.25) is 14.4 Å². The van der Waals surface area contributed by atoms with Gasteiger partial charge < -0.3 is 25.2 Å². The molecule has 0 saturated carbocycles. The third-order valence-electron chi connectivity index (χ3n) is 7.75. The maximum absolute atomic E-state index is 13.5. The lowest BCUT2D eigenvalue weighted by Gasteiger charge is -2.23. The predicted octanol–water partition coefficient (Wildman–Crippen LogP) is 5.08. The molecule has 45 heavy (non-hydrogen) atoms. The Labute approximate surface area is 265 Å². The van der Waals surface area contributed by atoms with Gasteiger partial charge in [0.2, 0.25) is 11.8 Å². The quantitative estimate of drug-likeness (QED) is 0.206. The molecule has 0 fully saturated rings. The monoisotopic (exact) mass is 612 g/mol. The van der Waals surface area contributed by atoms with Gasteiger partial charge in [-0.15, -0.1) is 0 Å². The number of amides is 2. The zero-order valence-corrected chi connectivity index (χ0v) is 25.7. The van der Waals surface area contributed by atoms with Crippen molar-refractivity contribution in [1.29, 1.82) is 0 Å². The fourth-order valence-corrected chi connectivity index (χ4v) is 5.25. The van der Waals surface area contributed by atoms with Crippen LogP contribution in [0.2, 0.25) is 0 Å². The normalized spacial score (nSPS) is 18.6. The number of benzene rings is 3. The smallest absolute Gasteiger partial charge is 0.305 e. The van der Waals surface area contributed by atoms with E-state index in [2.05, 4.69) is 10.6 Å². The van der Waals surface area contributed by atoms with Crippen molar-refractivity contribution in [2.75, 3.05) is 13.2 Å². The maximum atomic E-state index is 13.5. The molecular weight excluding hydrogens is 568 g/mol. The highest BCUT2D eigenvalue weighted by molar-refractivity contribution is 5.86. The van der Waals surface area contributed by atoms with E-state index in [4.69, 9.17) is 9.47 Å². The molecule has 0 aliphatic carbocycles. The standard InChI is InChI=1S/C37H44N2O6/c40-25-32(22-29-18-20-34(21-19-29)44-26-30-14-8-5-9-15-30)38-35(41)24-31-16-10-2-1-3-11-17-36(42)45-27-33(39-37(31)43)23-28-12-6-4-7-13-28/h2,4-10,12-15,18-21,31-33,40H,1,3,11,16-17,22-27H2,(H,38,41)(H,39,43). The second-order valence-corrected chi connectivity index (χ2v) is 11.5. The van der Waals surface area contributed by atoms with Crippen molar-refractivity contribution in [3.05, 3.63) is 114 Å². The number of hydrogen-bond acceptors (Lipinski definition) is 6. The first-order valence-corrected chi connectivity index (χ1v) is 15.8. The first-order valence-electron chi connectivity index (χ1n) is 15.8. The van der Waals surface area contributed by atoms with Crippen LogP contribution in [-0.4, -0.2) is 48.2 Å². The van der Waals surface area contributed by atoms with Crippen LogP contribution in [0.15, 0.2) is 97.1 Å². The average molecular weight is 613 g/mol. The summed E-state index contributed by atoms with van der Waals surface area (Å²) in [5.41, 5.74) is 3.03.